The van der Waals surface area contributed by atoms with Crippen LogP contribution in [0.1, 0.15) is 22.0 Å². The maximum atomic E-state index is 12.7. The Bertz CT molecular complexity index is 750. The molecule has 1 heterocycles. The van der Waals surface area contributed by atoms with Gasteiger partial charge in [0.15, 0.2) is 0 Å². The van der Waals surface area contributed by atoms with E-state index in [1.165, 1.54) is 7.11 Å². The van der Waals surface area contributed by atoms with Crippen molar-refractivity contribution in [2.24, 2.45) is 0 Å². The number of carbonyl (C=O) groups is 1. The second-order valence-corrected chi connectivity index (χ2v) is 6.50. The number of hydrogen-bond donors (Lipinski definition) is 0. The average Bonchev–Trinajstić information content (AvgIpc) is 3.11. The van der Waals surface area contributed by atoms with Gasteiger partial charge in [0.05, 0.1) is 35.0 Å². The second kappa shape index (κ2) is 6.89. The lowest BCUT2D eigenvalue weighted by molar-refractivity contribution is 0.0600. The van der Waals surface area contributed by atoms with Crippen LogP contribution >= 0.6 is 0 Å². The molecule has 2 atom stereocenters. The molecule has 1 aliphatic rings. The van der Waals surface area contributed by atoms with Gasteiger partial charge < -0.3 is 9.47 Å². The van der Waals surface area contributed by atoms with E-state index in [2.05, 4.69) is 4.74 Å². The second-order valence-electron chi connectivity index (χ2n) is 5.02. The molecule has 118 valence electrons. The predicted octanol–water partition coefficient (Wildman–Crippen LogP) is 3.24. The van der Waals surface area contributed by atoms with Crippen molar-refractivity contribution in [3.63, 3.8) is 0 Å². The normalized spacial score (nSPS) is 18.3. The number of rotatable bonds is 4. The van der Waals surface area contributed by atoms with E-state index in [0.717, 1.165) is 15.4 Å². The molecule has 0 saturated heterocycles. The zero-order valence-corrected chi connectivity index (χ0v) is 13.4. The monoisotopic (exact) mass is 328 g/mol. The van der Waals surface area contributed by atoms with Gasteiger partial charge in [0.1, 0.15) is 6.10 Å². The van der Waals surface area contributed by atoms with Crippen molar-refractivity contribution in [2.75, 3.05) is 13.7 Å². The Balaban J connectivity index is 1.84. The van der Waals surface area contributed by atoms with Crippen LogP contribution < -0.4 is 0 Å². The minimum atomic E-state index is -1.26. The van der Waals surface area contributed by atoms with Crippen LogP contribution in [-0.4, -0.2) is 23.9 Å². The molecule has 2 aromatic rings. The van der Waals surface area contributed by atoms with Gasteiger partial charge in [-0.05, 0) is 35.9 Å². The van der Waals surface area contributed by atoms with Crippen molar-refractivity contribution >= 4 is 16.8 Å². The van der Waals surface area contributed by atoms with Gasteiger partial charge in [0.2, 0.25) is 0 Å². The van der Waals surface area contributed by atoms with E-state index in [1.807, 2.05) is 36.4 Å². The molecule has 0 bridgehead atoms. The first kappa shape index (κ1) is 15.6. The molecule has 1 unspecified atom stereocenters. The molecule has 0 aliphatic carbocycles. The molecule has 1 aliphatic heterocycles. The third kappa shape index (κ3) is 3.25. The highest BCUT2D eigenvalue weighted by atomic mass is 32.2. The Labute approximate surface area is 137 Å². The van der Waals surface area contributed by atoms with E-state index in [4.69, 9.17) is 4.74 Å². The van der Waals surface area contributed by atoms with Gasteiger partial charge >= 0.3 is 5.97 Å². The minimum absolute atomic E-state index is 0.359. The molecule has 2 aromatic carbocycles. The number of methoxy groups -OCH3 is 1. The Morgan fingerprint density at radius 2 is 1.83 bits per heavy atom. The smallest absolute Gasteiger partial charge is 0.337 e. The number of carbonyl (C=O) groups excluding carboxylic acids is 1. The van der Waals surface area contributed by atoms with Crippen molar-refractivity contribution in [3.05, 3.63) is 76.7 Å². The van der Waals surface area contributed by atoms with E-state index in [9.17, 15) is 9.00 Å². The largest absolute Gasteiger partial charge is 0.465 e. The Kier molecular flexibility index (Phi) is 4.69. The van der Waals surface area contributed by atoms with Crippen molar-refractivity contribution in [3.8, 4) is 0 Å². The summed E-state index contributed by atoms with van der Waals surface area (Å²) in [6.07, 6.45) is 1.50. The minimum Gasteiger partial charge on any atom is -0.465 e. The summed E-state index contributed by atoms with van der Waals surface area (Å²) in [5, 5.41) is 0. The summed E-state index contributed by atoms with van der Waals surface area (Å²) in [4.78, 5) is 13.0. The molecular formula is C18H16O4S. The SMILES string of the molecule is COC(=O)c1ccc([C@H]2OCC=C2S(=O)c2ccccc2)cc1. The molecule has 0 N–H and O–H groups in total. The molecule has 0 fully saturated rings. The molecule has 0 aromatic heterocycles. The first-order valence-corrected chi connectivity index (χ1v) is 8.32. The Morgan fingerprint density at radius 1 is 1.13 bits per heavy atom. The quantitative estimate of drug-likeness (QED) is 0.809. The number of hydrogen-bond acceptors (Lipinski definition) is 4. The standard InChI is InChI=1S/C18H16O4S/c1-21-18(19)14-9-7-13(8-10-14)17-16(11-12-22-17)23(20)15-5-3-2-4-6-15/h2-11,17H,12H2,1H3/t17-,23?/m1/s1. The van der Waals surface area contributed by atoms with Gasteiger partial charge in [-0.1, -0.05) is 30.3 Å². The highest BCUT2D eigenvalue weighted by Crippen LogP contribution is 2.34. The van der Waals surface area contributed by atoms with Crippen LogP contribution in [-0.2, 0) is 20.3 Å². The van der Waals surface area contributed by atoms with Gasteiger partial charge in [-0.3, -0.25) is 0 Å². The molecule has 0 saturated carbocycles. The molecule has 3 rings (SSSR count). The van der Waals surface area contributed by atoms with Gasteiger partial charge in [-0.25, -0.2) is 9.00 Å². The summed E-state index contributed by atoms with van der Waals surface area (Å²) in [7, 11) is 0.0868. The molecule has 23 heavy (non-hydrogen) atoms. The van der Waals surface area contributed by atoms with Crippen molar-refractivity contribution in [1.29, 1.82) is 0 Å². The lowest BCUT2D eigenvalue weighted by atomic mass is 10.1. The lowest BCUT2D eigenvalue weighted by Gasteiger charge is -2.15. The van der Waals surface area contributed by atoms with Crippen LogP contribution in [0.15, 0.2) is 70.5 Å². The van der Waals surface area contributed by atoms with Crippen LogP contribution in [0, 0.1) is 0 Å². The summed E-state index contributed by atoms with van der Waals surface area (Å²) in [5.74, 6) is -0.382. The fourth-order valence-corrected chi connectivity index (χ4v) is 3.74. The lowest BCUT2D eigenvalue weighted by Crippen LogP contribution is -2.07. The van der Waals surface area contributed by atoms with E-state index < -0.39 is 10.8 Å². The zero-order valence-electron chi connectivity index (χ0n) is 12.6. The van der Waals surface area contributed by atoms with Crippen LogP contribution in [0.25, 0.3) is 0 Å². The molecule has 5 heteroatoms. The molecule has 4 nitrogen and oxygen atoms in total. The molecule has 0 spiro atoms. The summed E-state index contributed by atoms with van der Waals surface area (Å²) < 4.78 is 23.1. The third-order valence-electron chi connectivity index (χ3n) is 3.61. The van der Waals surface area contributed by atoms with Crippen LogP contribution in [0.4, 0.5) is 0 Å². The molecular weight excluding hydrogens is 312 g/mol. The summed E-state index contributed by atoms with van der Waals surface area (Å²) in [6.45, 7) is 0.428. The highest BCUT2D eigenvalue weighted by Gasteiger charge is 2.27. The van der Waals surface area contributed by atoms with Crippen molar-refractivity contribution < 1.29 is 18.5 Å². The third-order valence-corrected chi connectivity index (χ3v) is 5.12. The average molecular weight is 328 g/mol. The maximum absolute atomic E-state index is 12.7. The maximum Gasteiger partial charge on any atom is 0.337 e. The van der Waals surface area contributed by atoms with Crippen molar-refractivity contribution in [1.82, 2.24) is 0 Å². The van der Waals surface area contributed by atoms with E-state index in [-0.39, 0.29) is 12.1 Å². The van der Waals surface area contributed by atoms with Gasteiger partial charge in [0, 0.05) is 4.90 Å². The number of esters is 1. The van der Waals surface area contributed by atoms with Crippen LogP contribution in [0.2, 0.25) is 0 Å². The fraction of sp³-hybridized carbons (Fsp3) is 0.167. The summed E-state index contributed by atoms with van der Waals surface area (Å²) >= 11 is 0. The Hall–Kier alpha value is -2.24. The Morgan fingerprint density at radius 3 is 2.48 bits per heavy atom. The fourth-order valence-electron chi connectivity index (χ4n) is 2.44. The van der Waals surface area contributed by atoms with E-state index in [0.29, 0.717) is 12.2 Å². The van der Waals surface area contributed by atoms with E-state index >= 15 is 0 Å². The zero-order chi connectivity index (χ0) is 16.2. The van der Waals surface area contributed by atoms with Gasteiger partial charge in [-0.2, -0.15) is 0 Å². The predicted molar refractivity (Wildman–Crippen MR) is 87.4 cm³/mol. The van der Waals surface area contributed by atoms with Crippen LogP contribution in [0.3, 0.4) is 0 Å². The first-order chi connectivity index (χ1) is 11.2. The van der Waals surface area contributed by atoms with Crippen LogP contribution in [0.5, 0.6) is 0 Å². The van der Waals surface area contributed by atoms with Gasteiger partial charge in [-0.15, -0.1) is 0 Å². The van der Waals surface area contributed by atoms with Crippen molar-refractivity contribution in [2.45, 2.75) is 11.0 Å². The van der Waals surface area contributed by atoms with Gasteiger partial charge in [0.25, 0.3) is 0 Å². The van der Waals surface area contributed by atoms with E-state index in [1.54, 1.807) is 24.3 Å². The summed E-state index contributed by atoms with van der Waals surface area (Å²) in [5.41, 5.74) is 1.34. The molecule has 0 radical (unpaired) electrons. The number of benzene rings is 2. The number of ether oxygens (including phenoxy) is 2. The summed E-state index contributed by atoms with van der Waals surface area (Å²) in [6, 6.07) is 16.3. The highest BCUT2D eigenvalue weighted by molar-refractivity contribution is 7.89. The topological polar surface area (TPSA) is 52.6 Å². The molecule has 0 amide bonds. The first-order valence-electron chi connectivity index (χ1n) is 7.17.